The van der Waals surface area contributed by atoms with E-state index in [1.54, 1.807) is 0 Å². The summed E-state index contributed by atoms with van der Waals surface area (Å²) >= 11 is 0. The van der Waals surface area contributed by atoms with Crippen LogP contribution in [-0.4, -0.2) is 42.3 Å². The summed E-state index contributed by atoms with van der Waals surface area (Å²) in [5.41, 5.74) is 6.54. The van der Waals surface area contributed by atoms with E-state index in [2.05, 4.69) is 5.48 Å². The van der Waals surface area contributed by atoms with Crippen molar-refractivity contribution in [1.29, 1.82) is 0 Å². The number of carbonyl (C=O) groups is 1. The Morgan fingerprint density at radius 2 is 2.41 bits per heavy atom. The summed E-state index contributed by atoms with van der Waals surface area (Å²) in [6, 6.07) is 0.0911. The number of halogens is 1. The van der Waals surface area contributed by atoms with Crippen molar-refractivity contribution >= 4 is 6.09 Å². The molecule has 0 spiro atoms. The van der Waals surface area contributed by atoms with Gasteiger partial charge in [-0.05, 0) is 26.2 Å². The summed E-state index contributed by atoms with van der Waals surface area (Å²) in [5, 5.41) is 0. The molecule has 100 valence electrons. The lowest BCUT2D eigenvalue weighted by atomic mass is 9.95. The predicted molar refractivity (Wildman–Crippen MR) is 63.1 cm³/mol. The highest BCUT2D eigenvalue weighted by Crippen LogP contribution is 2.24. The molecule has 0 aromatic heterocycles. The minimum atomic E-state index is -1.46. The molecule has 2 unspecified atom stereocenters. The first-order valence-electron chi connectivity index (χ1n) is 6.11. The normalized spacial score (nSPS) is 26.7. The first-order valence-corrected chi connectivity index (χ1v) is 6.11. The minimum Gasteiger partial charge on any atom is -0.353 e. The molecule has 0 aliphatic carbocycles. The molecule has 6 heteroatoms. The van der Waals surface area contributed by atoms with Crippen LogP contribution in [-0.2, 0) is 4.84 Å². The Morgan fingerprint density at radius 1 is 1.71 bits per heavy atom. The van der Waals surface area contributed by atoms with E-state index >= 15 is 0 Å². The lowest BCUT2D eigenvalue weighted by Crippen LogP contribution is -2.52. The second-order valence-electron chi connectivity index (χ2n) is 4.68. The van der Waals surface area contributed by atoms with Crippen LogP contribution in [0.2, 0.25) is 0 Å². The molecule has 1 heterocycles. The maximum atomic E-state index is 14.0. The predicted octanol–water partition coefficient (Wildman–Crippen LogP) is 1.19. The molecule has 0 radical (unpaired) electrons. The lowest BCUT2D eigenvalue weighted by molar-refractivity contribution is 0.00661. The molecule has 0 aromatic carbocycles. The van der Waals surface area contributed by atoms with Gasteiger partial charge in [0, 0.05) is 19.1 Å². The number of hydrogen-bond donors (Lipinski definition) is 2. The van der Waals surface area contributed by atoms with Crippen LogP contribution in [0.3, 0.4) is 0 Å². The molecule has 1 aliphatic heterocycles. The minimum absolute atomic E-state index is 0.0184. The van der Waals surface area contributed by atoms with Crippen LogP contribution in [0, 0.1) is 0 Å². The Hall–Kier alpha value is -0.880. The Morgan fingerprint density at radius 3 is 3.00 bits per heavy atom. The molecular weight excluding hydrogens is 225 g/mol. The molecule has 1 rings (SSSR count). The van der Waals surface area contributed by atoms with Crippen LogP contribution in [0.5, 0.6) is 0 Å². The largest absolute Gasteiger partial charge is 0.428 e. The van der Waals surface area contributed by atoms with E-state index in [-0.39, 0.29) is 19.1 Å². The number of piperidine rings is 1. The van der Waals surface area contributed by atoms with Crippen molar-refractivity contribution in [2.45, 2.75) is 44.8 Å². The van der Waals surface area contributed by atoms with Crippen molar-refractivity contribution in [3.05, 3.63) is 0 Å². The van der Waals surface area contributed by atoms with Crippen molar-refractivity contribution in [2.75, 3.05) is 19.6 Å². The smallest absolute Gasteiger partial charge is 0.353 e. The van der Waals surface area contributed by atoms with Crippen molar-refractivity contribution in [2.24, 2.45) is 5.73 Å². The number of amides is 1. The highest BCUT2D eigenvalue weighted by atomic mass is 19.1. The SMILES string of the molecule is CCC(C)NOC(=O)N1CCCC(F)(CN)C1. The molecule has 0 bridgehead atoms. The fourth-order valence-corrected chi connectivity index (χ4v) is 1.71. The maximum Gasteiger partial charge on any atom is 0.428 e. The van der Waals surface area contributed by atoms with Crippen molar-refractivity contribution in [3.8, 4) is 0 Å². The summed E-state index contributed by atoms with van der Waals surface area (Å²) in [5.74, 6) is 0. The Kier molecular flexibility index (Phi) is 5.14. The zero-order valence-corrected chi connectivity index (χ0v) is 10.5. The third-order valence-electron chi connectivity index (χ3n) is 3.11. The summed E-state index contributed by atoms with van der Waals surface area (Å²) in [7, 11) is 0. The molecule has 17 heavy (non-hydrogen) atoms. The van der Waals surface area contributed by atoms with Gasteiger partial charge >= 0.3 is 6.09 Å². The lowest BCUT2D eigenvalue weighted by Gasteiger charge is -2.35. The fourth-order valence-electron chi connectivity index (χ4n) is 1.71. The molecule has 0 aromatic rings. The van der Waals surface area contributed by atoms with Crippen LogP contribution < -0.4 is 11.2 Å². The average molecular weight is 247 g/mol. The van der Waals surface area contributed by atoms with Gasteiger partial charge in [-0.2, -0.15) is 0 Å². The maximum absolute atomic E-state index is 14.0. The Balaban J connectivity index is 2.41. The quantitative estimate of drug-likeness (QED) is 0.732. The van der Waals surface area contributed by atoms with Gasteiger partial charge in [0.05, 0.1) is 6.54 Å². The van der Waals surface area contributed by atoms with Gasteiger partial charge in [-0.15, -0.1) is 5.48 Å². The molecule has 3 N–H and O–H groups in total. The summed E-state index contributed by atoms with van der Waals surface area (Å²) < 4.78 is 14.0. The second kappa shape index (κ2) is 6.16. The van der Waals surface area contributed by atoms with E-state index in [0.29, 0.717) is 19.4 Å². The molecule has 5 nitrogen and oxygen atoms in total. The average Bonchev–Trinajstić information content (AvgIpc) is 2.35. The highest BCUT2D eigenvalue weighted by molar-refractivity contribution is 5.67. The van der Waals surface area contributed by atoms with Gasteiger partial charge < -0.3 is 15.5 Å². The van der Waals surface area contributed by atoms with Crippen molar-refractivity contribution in [3.63, 3.8) is 0 Å². The Bertz CT molecular complexity index is 265. The number of nitrogens with two attached hydrogens (primary N) is 1. The van der Waals surface area contributed by atoms with Gasteiger partial charge in [-0.1, -0.05) is 6.92 Å². The topological polar surface area (TPSA) is 67.6 Å². The van der Waals surface area contributed by atoms with Gasteiger partial charge in [-0.25, -0.2) is 9.18 Å². The van der Waals surface area contributed by atoms with Gasteiger partial charge in [0.2, 0.25) is 0 Å². The van der Waals surface area contributed by atoms with E-state index in [9.17, 15) is 9.18 Å². The number of alkyl halides is 1. The van der Waals surface area contributed by atoms with Gasteiger partial charge in [0.25, 0.3) is 0 Å². The molecule has 1 amide bonds. The van der Waals surface area contributed by atoms with Crippen LogP contribution in [0.15, 0.2) is 0 Å². The molecule has 0 saturated carbocycles. The number of hydroxylamine groups is 1. The fraction of sp³-hybridized carbons (Fsp3) is 0.909. The standard InChI is InChI=1S/C11H22FN3O2/c1-3-9(2)14-17-10(16)15-6-4-5-11(12,7-13)8-15/h9,14H,3-8,13H2,1-2H3. The zero-order chi connectivity index (χ0) is 12.9. The van der Waals surface area contributed by atoms with Crippen LogP contribution >= 0.6 is 0 Å². The van der Waals surface area contributed by atoms with Crippen LogP contribution in [0.1, 0.15) is 33.1 Å². The van der Waals surface area contributed by atoms with E-state index in [1.165, 1.54) is 4.90 Å². The molecule has 1 fully saturated rings. The number of nitrogens with one attached hydrogen (secondary N) is 1. The highest BCUT2D eigenvalue weighted by Gasteiger charge is 2.36. The van der Waals surface area contributed by atoms with Gasteiger partial charge in [0.15, 0.2) is 0 Å². The van der Waals surface area contributed by atoms with Crippen LogP contribution in [0.25, 0.3) is 0 Å². The number of likely N-dealkylation sites (tertiary alicyclic amines) is 1. The van der Waals surface area contributed by atoms with E-state index < -0.39 is 11.8 Å². The number of hydrogen-bond acceptors (Lipinski definition) is 4. The second-order valence-corrected chi connectivity index (χ2v) is 4.68. The summed E-state index contributed by atoms with van der Waals surface area (Å²) in [4.78, 5) is 17.9. The third-order valence-corrected chi connectivity index (χ3v) is 3.11. The van der Waals surface area contributed by atoms with Crippen molar-refractivity contribution in [1.82, 2.24) is 10.4 Å². The monoisotopic (exact) mass is 247 g/mol. The Labute approximate surface area is 101 Å². The third kappa shape index (κ3) is 4.12. The molecule has 1 saturated heterocycles. The van der Waals surface area contributed by atoms with E-state index in [1.807, 2.05) is 13.8 Å². The first kappa shape index (κ1) is 14.2. The number of carbonyl (C=O) groups excluding carboxylic acids is 1. The number of rotatable bonds is 4. The van der Waals surface area contributed by atoms with Crippen LogP contribution in [0.4, 0.5) is 9.18 Å². The van der Waals surface area contributed by atoms with E-state index in [4.69, 9.17) is 10.6 Å². The van der Waals surface area contributed by atoms with E-state index in [0.717, 1.165) is 6.42 Å². The zero-order valence-electron chi connectivity index (χ0n) is 10.5. The summed E-state index contributed by atoms with van der Waals surface area (Å²) in [6.07, 6.45) is 1.35. The molecule has 1 aliphatic rings. The molecular formula is C11H22FN3O2. The van der Waals surface area contributed by atoms with Gasteiger partial charge in [-0.3, -0.25) is 0 Å². The summed E-state index contributed by atoms with van der Waals surface area (Å²) in [6.45, 7) is 4.36. The van der Waals surface area contributed by atoms with Crippen molar-refractivity contribution < 1.29 is 14.0 Å². The van der Waals surface area contributed by atoms with Gasteiger partial charge in [0.1, 0.15) is 5.67 Å². The molecule has 2 atom stereocenters. The first-order chi connectivity index (χ1) is 8.00. The number of nitrogens with zero attached hydrogens (tertiary/aromatic N) is 1.